The van der Waals surface area contributed by atoms with Crippen molar-refractivity contribution in [3.05, 3.63) is 0 Å². The molecule has 11 heavy (non-hydrogen) atoms. The highest BCUT2D eigenvalue weighted by Gasteiger charge is 2.36. The Balaban J connectivity index is 2.49. The number of amides is 1. The summed E-state index contributed by atoms with van der Waals surface area (Å²) in [6, 6.07) is 0. The molecule has 0 aromatic carbocycles. The van der Waals surface area contributed by atoms with Crippen molar-refractivity contribution in [1.82, 2.24) is 5.32 Å². The van der Waals surface area contributed by atoms with Gasteiger partial charge in [0, 0.05) is 13.2 Å². The van der Waals surface area contributed by atoms with Crippen molar-refractivity contribution in [2.75, 3.05) is 13.2 Å². The Morgan fingerprint density at radius 3 is 2.91 bits per heavy atom. The Labute approximate surface area is 67.1 Å². The molecule has 1 aliphatic rings. The van der Waals surface area contributed by atoms with E-state index in [4.69, 9.17) is 4.74 Å². The Morgan fingerprint density at radius 2 is 2.45 bits per heavy atom. The maximum absolute atomic E-state index is 11.3. The molecule has 0 aromatic rings. The van der Waals surface area contributed by atoms with Gasteiger partial charge in [0.1, 0.15) is 5.60 Å². The van der Waals surface area contributed by atoms with Gasteiger partial charge in [-0.3, -0.25) is 4.79 Å². The van der Waals surface area contributed by atoms with E-state index in [1.165, 1.54) is 0 Å². The molecular formula is C8H15NO2. The number of hydrogen-bond donors (Lipinski definition) is 1. The van der Waals surface area contributed by atoms with Gasteiger partial charge in [0.2, 0.25) is 0 Å². The third-order valence-electron chi connectivity index (χ3n) is 2.04. The first-order chi connectivity index (χ1) is 5.19. The Hall–Kier alpha value is -0.570. The van der Waals surface area contributed by atoms with Crippen LogP contribution in [-0.4, -0.2) is 24.7 Å². The van der Waals surface area contributed by atoms with Crippen molar-refractivity contribution in [3.8, 4) is 0 Å². The van der Waals surface area contributed by atoms with Crippen LogP contribution in [0.3, 0.4) is 0 Å². The molecule has 1 rings (SSSR count). The van der Waals surface area contributed by atoms with Gasteiger partial charge in [0.15, 0.2) is 0 Å². The molecule has 1 heterocycles. The summed E-state index contributed by atoms with van der Waals surface area (Å²) in [7, 11) is 0. The first-order valence-electron chi connectivity index (χ1n) is 4.11. The summed E-state index contributed by atoms with van der Waals surface area (Å²) >= 11 is 0. The van der Waals surface area contributed by atoms with Gasteiger partial charge in [0.25, 0.3) is 5.91 Å². The van der Waals surface area contributed by atoms with E-state index in [0.717, 1.165) is 12.8 Å². The molecule has 1 N–H and O–H groups in total. The van der Waals surface area contributed by atoms with Gasteiger partial charge < -0.3 is 10.1 Å². The molecule has 1 amide bonds. The zero-order valence-electron chi connectivity index (χ0n) is 7.14. The largest absolute Gasteiger partial charge is 0.365 e. The Kier molecular flexibility index (Phi) is 2.49. The van der Waals surface area contributed by atoms with Crippen LogP contribution in [0.25, 0.3) is 0 Å². The molecule has 0 radical (unpaired) electrons. The molecule has 1 unspecified atom stereocenters. The van der Waals surface area contributed by atoms with Crippen LogP contribution in [0.15, 0.2) is 0 Å². The fourth-order valence-electron chi connectivity index (χ4n) is 1.31. The number of likely N-dealkylation sites (N-methyl/N-ethyl adjacent to an activating group) is 1. The van der Waals surface area contributed by atoms with Crippen molar-refractivity contribution in [3.63, 3.8) is 0 Å². The molecule has 1 aliphatic heterocycles. The molecular weight excluding hydrogens is 142 g/mol. The third kappa shape index (κ3) is 1.71. The van der Waals surface area contributed by atoms with Crippen molar-refractivity contribution >= 4 is 5.91 Å². The molecule has 3 nitrogen and oxygen atoms in total. The summed E-state index contributed by atoms with van der Waals surface area (Å²) in [6.07, 6.45) is 1.84. The van der Waals surface area contributed by atoms with Gasteiger partial charge in [0.05, 0.1) is 0 Å². The van der Waals surface area contributed by atoms with E-state index in [2.05, 4.69) is 5.32 Å². The van der Waals surface area contributed by atoms with E-state index in [1.807, 2.05) is 13.8 Å². The molecule has 0 saturated carbocycles. The Bertz CT molecular complexity index is 150. The fourth-order valence-corrected chi connectivity index (χ4v) is 1.31. The average Bonchev–Trinajstić information content (AvgIpc) is 2.38. The molecule has 0 spiro atoms. The van der Waals surface area contributed by atoms with Gasteiger partial charge in [-0.05, 0) is 26.7 Å². The zero-order chi connectivity index (χ0) is 8.32. The van der Waals surface area contributed by atoms with Gasteiger partial charge >= 0.3 is 0 Å². The van der Waals surface area contributed by atoms with Crippen LogP contribution in [0.1, 0.15) is 26.7 Å². The lowest BCUT2D eigenvalue weighted by Gasteiger charge is -2.21. The minimum Gasteiger partial charge on any atom is -0.365 e. The summed E-state index contributed by atoms with van der Waals surface area (Å²) < 4.78 is 5.34. The van der Waals surface area contributed by atoms with Crippen LogP contribution < -0.4 is 5.32 Å². The minimum atomic E-state index is -0.546. The molecule has 1 atom stereocenters. The van der Waals surface area contributed by atoms with Gasteiger partial charge in [-0.25, -0.2) is 0 Å². The monoisotopic (exact) mass is 157 g/mol. The highest BCUT2D eigenvalue weighted by Crippen LogP contribution is 2.24. The number of nitrogens with one attached hydrogen (secondary N) is 1. The minimum absolute atomic E-state index is 0.0255. The average molecular weight is 157 g/mol. The SMILES string of the molecule is CCNC(=O)C1(C)CCCO1. The number of hydrogen-bond acceptors (Lipinski definition) is 2. The van der Waals surface area contributed by atoms with Crippen LogP contribution in [-0.2, 0) is 9.53 Å². The second-order valence-corrected chi connectivity index (χ2v) is 3.04. The van der Waals surface area contributed by atoms with Crippen molar-refractivity contribution < 1.29 is 9.53 Å². The molecule has 0 bridgehead atoms. The highest BCUT2D eigenvalue weighted by atomic mass is 16.5. The molecule has 64 valence electrons. The van der Waals surface area contributed by atoms with Gasteiger partial charge in [-0.15, -0.1) is 0 Å². The van der Waals surface area contributed by atoms with Crippen LogP contribution in [0.2, 0.25) is 0 Å². The summed E-state index contributed by atoms with van der Waals surface area (Å²) in [6.45, 7) is 5.16. The first-order valence-corrected chi connectivity index (χ1v) is 4.11. The standard InChI is InChI=1S/C8H15NO2/c1-3-9-7(10)8(2)5-4-6-11-8/h3-6H2,1-2H3,(H,9,10). The predicted octanol–water partition coefficient (Wildman–Crippen LogP) is 0.692. The van der Waals surface area contributed by atoms with E-state index in [1.54, 1.807) is 0 Å². The van der Waals surface area contributed by atoms with Gasteiger partial charge in [-0.2, -0.15) is 0 Å². The maximum Gasteiger partial charge on any atom is 0.251 e. The van der Waals surface area contributed by atoms with E-state index in [0.29, 0.717) is 13.2 Å². The number of ether oxygens (including phenoxy) is 1. The van der Waals surface area contributed by atoms with Crippen molar-refractivity contribution in [2.45, 2.75) is 32.3 Å². The maximum atomic E-state index is 11.3. The van der Waals surface area contributed by atoms with Crippen LogP contribution >= 0.6 is 0 Å². The van der Waals surface area contributed by atoms with Crippen LogP contribution in [0, 0.1) is 0 Å². The third-order valence-corrected chi connectivity index (χ3v) is 2.04. The van der Waals surface area contributed by atoms with E-state index < -0.39 is 5.60 Å². The predicted molar refractivity (Wildman–Crippen MR) is 42.3 cm³/mol. The van der Waals surface area contributed by atoms with Gasteiger partial charge in [-0.1, -0.05) is 0 Å². The Morgan fingerprint density at radius 1 is 1.73 bits per heavy atom. The summed E-state index contributed by atoms with van der Waals surface area (Å²) in [5.41, 5.74) is -0.546. The summed E-state index contributed by atoms with van der Waals surface area (Å²) in [5.74, 6) is 0.0255. The number of carbonyl (C=O) groups excluding carboxylic acids is 1. The molecule has 1 saturated heterocycles. The molecule has 0 aliphatic carbocycles. The smallest absolute Gasteiger partial charge is 0.251 e. The van der Waals surface area contributed by atoms with E-state index in [-0.39, 0.29) is 5.91 Å². The molecule has 3 heteroatoms. The summed E-state index contributed by atoms with van der Waals surface area (Å²) in [5, 5.41) is 2.76. The molecule has 0 aromatic heterocycles. The topological polar surface area (TPSA) is 38.3 Å². The lowest BCUT2D eigenvalue weighted by atomic mass is 10.0. The number of carbonyl (C=O) groups is 1. The number of rotatable bonds is 2. The first kappa shape index (κ1) is 8.53. The second-order valence-electron chi connectivity index (χ2n) is 3.04. The molecule has 1 fully saturated rings. The second kappa shape index (κ2) is 3.22. The van der Waals surface area contributed by atoms with Crippen LogP contribution in [0.4, 0.5) is 0 Å². The zero-order valence-corrected chi connectivity index (χ0v) is 7.14. The van der Waals surface area contributed by atoms with Crippen molar-refractivity contribution in [2.24, 2.45) is 0 Å². The quantitative estimate of drug-likeness (QED) is 0.640. The van der Waals surface area contributed by atoms with E-state index in [9.17, 15) is 4.79 Å². The van der Waals surface area contributed by atoms with Crippen molar-refractivity contribution in [1.29, 1.82) is 0 Å². The van der Waals surface area contributed by atoms with E-state index >= 15 is 0 Å². The summed E-state index contributed by atoms with van der Waals surface area (Å²) in [4.78, 5) is 11.3. The lowest BCUT2D eigenvalue weighted by Crippen LogP contribution is -2.43. The normalized spacial score (nSPS) is 30.4. The highest BCUT2D eigenvalue weighted by molar-refractivity contribution is 5.84. The fraction of sp³-hybridized carbons (Fsp3) is 0.875. The lowest BCUT2D eigenvalue weighted by molar-refractivity contribution is -0.139. The van der Waals surface area contributed by atoms with Crippen LogP contribution in [0.5, 0.6) is 0 Å².